The third-order valence-corrected chi connectivity index (χ3v) is 2.69. The van der Waals surface area contributed by atoms with Crippen LogP contribution < -0.4 is 4.74 Å². The number of hydrogen-bond donors (Lipinski definition) is 1. The number of carbonyl (C=O) groups is 1. The summed E-state index contributed by atoms with van der Waals surface area (Å²) in [5.41, 5.74) is 1.77. The highest BCUT2D eigenvalue weighted by Gasteiger charge is 2.02. The van der Waals surface area contributed by atoms with Crippen molar-refractivity contribution in [2.45, 2.75) is 26.5 Å². The van der Waals surface area contributed by atoms with E-state index in [9.17, 15) is 4.79 Å². The number of aryl methyl sites for hydroxylation is 1. The van der Waals surface area contributed by atoms with Gasteiger partial charge in [0.1, 0.15) is 12.4 Å². The lowest BCUT2D eigenvalue weighted by Crippen LogP contribution is -2.00. The molecule has 0 spiro atoms. The van der Waals surface area contributed by atoms with Crippen LogP contribution in [-0.4, -0.2) is 20.9 Å². The minimum absolute atomic E-state index is 0.0313. The van der Waals surface area contributed by atoms with Crippen molar-refractivity contribution < 1.29 is 14.6 Å². The Hall–Kier alpha value is -2.30. The number of benzene rings is 1. The molecule has 0 unspecified atom stereocenters. The summed E-state index contributed by atoms with van der Waals surface area (Å²) in [5.74, 6) is -0.112. The van der Waals surface area contributed by atoms with E-state index in [4.69, 9.17) is 9.84 Å². The van der Waals surface area contributed by atoms with Gasteiger partial charge in [-0.1, -0.05) is 12.1 Å². The predicted molar refractivity (Wildman–Crippen MR) is 70.0 cm³/mol. The molecule has 1 N–H and O–H groups in total. The van der Waals surface area contributed by atoms with Crippen LogP contribution in [0.3, 0.4) is 0 Å². The molecule has 0 aliphatic carbocycles. The quantitative estimate of drug-likeness (QED) is 0.864. The van der Waals surface area contributed by atoms with Crippen molar-refractivity contribution in [2.75, 3.05) is 0 Å². The Morgan fingerprint density at radius 1 is 1.32 bits per heavy atom. The molecule has 2 aromatic rings. The average molecular weight is 260 g/mol. The lowest BCUT2D eigenvalue weighted by Gasteiger charge is -2.05. The molecule has 5 heteroatoms. The summed E-state index contributed by atoms with van der Waals surface area (Å²) in [6.07, 6.45) is 3.75. The van der Waals surface area contributed by atoms with E-state index in [1.165, 1.54) is 0 Å². The monoisotopic (exact) mass is 260 g/mol. The fourth-order valence-electron chi connectivity index (χ4n) is 1.70. The molecule has 0 amide bonds. The third-order valence-electron chi connectivity index (χ3n) is 2.69. The molecular weight excluding hydrogens is 244 g/mol. The van der Waals surface area contributed by atoms with Crippen LogP contribution in [0, 0.1) is 0 Å². The number of aliphatic carboxylic acids is 1. The first-order valence-electron chi connectivity index (χ1n) is 6.12. The summed E-state index contributed by atoms with van der Waals surface area (Å²) in [6.45, 7) is 3.32. The molecule has 19 heavy (non-hydrogen) atoms. The fraction of sp³-hybridized carbons (Fsp3) is 0.286. The van der Waals surface area contributed by atoms with E-state index in [-0.39, 0.29) is 6.42 Å². The lowest BCUT2D eigenvalue weighted by atomic mass is 10.1. The van der Waals surface area contributed by atoms with E-state index >= 15 is 0 Å². The van der Waals surface area contributed by atoms with Gasteiger partial charge in [-0.2, -0.15) is 5.10 Å². The van der Waals surface area contributed by atoms with Gasteiger partial charge in [0.05, 0.1) is 12.6 Å². The Morgan fingerprint density at radius 2 is 2.05 bits per heavy atom. The van der Waals surface area contributed by atoms with Crippen LogP contribution in [-0.2, 0) is 24.4 Å². The summed E-state index contributed by atoms with van der Waals surface area (Å²) in [5, 5.41) is 12.8. The van der Waals surface area contributed by atoms with Gasteiger partial charge < -0.3 is 9.84 Å². The summed E-state index contributed by atoms with van der Waals surface area (Å²) in [4.78, 5) is 10.6. The largest absolute Gasteiger partial charge is 0.489 e. The minimum atomic E-state index is -0.833. The summed E-state index contributed by atoms with van der Waals surface area (Å²) >= 11 is 0. The number of carboxylic acids is 1. The highest BCUT2D eigenvalue weighted by Crippen LogP contribution is 2.14. The number of nitrogens with zero attached hydrogens (tertiary/aromatic N) is 2. The van der Waals surface area contributed by atoms with E-state index in [1.54, 1.807) is 30.5 Å². The van der Waals surface area contributed by atoms with Crippen LogP contribution >= 0.6 is 0 Å². The van der Waals surface area contributed by atoms with Crippen LogP contribution in [0.25, 0.3) is 0 Å². The smallest absolute Gasteiger partial charge is 0.307 e. The van der Waals surface area contributed by atoms with Gasteiger partial charge in [0.25, 0.3) is 0 Å². The third kappa shape index (κ3) is 3.84. The van der Waals surface area contributed by atoms with Gasteiger partial charge in [-0.15, -0.1) is 0 Å². The van der Waals surface area contributed by atoms with Crippen LogP contribution in [0.2, 0.25) is 0 Å². The molecule has 0 saturated carbocycles. The second kappa shape index (κ2) is 6.04. The van der Waals surface area contributed by atoms with Crippen molar-refractivity contribution in [2.24, 2.45) is 0 Å². The zero-order valence-electron chi connectivity index (χ0n) is 10.7. The van der Waals surface area contributed by atoms with Crippen molar-refractivity contribution in [1.29, 1.82) is 0 Å². The molecule has 2 rings (SSSR count). The van der Waals surface area contributed by atoms with Crippen molar-refractivity contribution >= 4 is 5.97 Å². The number of hydrogen-bond acceptors (Lipinski definition) is 3. The van der Waals surface area contributed by atoms with Crippen molar-refractivity contribution in [3.63, 3.8) is 0 Å². The molecule has 0 atom stereocenters. The van der Waals surface area contributed by atoms with E-state index in [2.05, 4.69) is 5.10 Å². The first-order valence-corrected chi connectivity index (χ1v) is 6.12. The maximum Gasteiger partial charge on any atom is 0.307 e. The van der Waals surface area contributed by atoms with Gasteiger partial charge in [0.15, 0.2) is 0 Å². The Balaban J connectivity index is 1.90. The SMILES string of the molecule is CCn1cc(COc2ccc(CC(=O)O)cc2)cn1. The van der Waals surface area contributed by atoms with Gasteiger partial charge in [-0.05, 0) is 24.6 Å². The van der Waals surface area contributed by atoms with Crippen molar-refractivity contribution in [1.82, 2.24) is 9.78 Å². The van der Waals surface area contributed by atoms with Gasteiger partial charge in [0, 0.05) is 18.3 Å². The standard InChI is InChI=1S/C14H16N2O3/c1-2-16-9-12(8-15-16)10-19-13-5-3-11(4-6-13)7-14(17)18/h3-6,8-9H,2,7,10H2,1H3,(H,17,18). The van der Waals surface area contributed by atoms with Gasteiger partial charge in [0.2, 0.25) is 0 Å². The molecule has 0 saturated heterocycles. The van der Waals surface area contributed by atoms with Crippen molar-refractivity contribution in [3.05, 3.63) is 47.8 Å². The first kappa shape index (κ1) is 13.1. The number of rotatable bonds is 6. The van der Waals surface area contributed by atoms with Gasteiger partial charge in [-0.25, -0.2) is 0 Å². The molecule has 1 heterocycles. The van der Waals surface area contributed by atoms with Crippen LogP contribution in [0.1, 0.15) is 18.1 Å². The Morgan fingerprint density at radius 3 is 2.63 bits per heavy atom. The van der Waals surface area contributed by atoms with Gasteiger partial charge >= 0.3 is 5.97 Å². The Kier molecular flexibility index (Phi) is 4.18. The van der Waals surface area contributed by atoms with Crippen LogP contribution in [0.15, 0.2) is 36.7 Å². The summed E-state index contributed by atoms with van der Waals surface area (Å²) in [7, 11) is 0. The second-order valence-corrected chi connectivity index (χ2v) is 4.21. The first-order chi connectivity index (χ1) is 9.17. The molecule has 0 fully saturated rings. The maximum absolute atomic E-state index is 10.6. The number of carboxylic acid groups (broad SMARTS) is 1. The highest BCUT2D eigenvalue weighted by atomic mass is 16.5. The normalized spacial score (nSPS) is 10.4. The molecule has 100 valence electrons. The van der Waals surface area contributed by atoms with Gasteiger partial charge in [-0.3, -0.25) is 9.48 Å². The summed E-state index contributed by atoms with van der Waals surface area (Å²) < 4.78 is 7.45. The molecule has 0 radical (unpaired) electrons. The predicted octanol–water partition coefficient (Wildman–Crippen LogP) is 2.11. The maximum atomic E-state index is 10.6. The van der Waals surface area contributed by atoms with Crippen LogP contribution in [0.4, 0.5) is 0 Å². The second-order valence-electron chi connectivity index (χ2n) is 4.21. The zero-order chi connectivity index (χ0) is 13.7. The Labute approximate surface area is 111 Å². The Bertz CT molecular complexity index is 546. The lowest BCUT2D eigenvalue weighted by molar-refractivity contribution is -0.136. The molecule has 0 aliphatic rings. The van der Waals surface area contributed by atoms with Crippen molar-refractivity contribution in [3.8, 4) is 5.75 Å². The van der Waals surface area contributed by atoms with E-state index in [0.29, 0.717) is 6.61 Å². The molecule has 0 aliphatic heterocycles. The molecule has 1 aromatic heterocycles. The summed E-state index contributed by atoms with van der Waals surface area (Å²) in [6, 6.07) is 7.09. The average Bonchev–Trinajstić information content (AvgIpc) is 2.85. The fourth-order valence-corrected chi connectivity index (χ4v) is 1.70. The van der Waals surface area contributed by atoms with E-state index in [1.807, 2.05) is 17.8 Å². The van der Waals surface area contributed by atoms with E-state index < -0.39 is 5.97 Å². The molecule has 5 nitrogen and oxygen atoms in total. The molecule has 1 aromatic carbocycles. The number of ether oxygens (including phenoxy) is 1. The molecule has 0 bridgehead atoms. The zero-order valence-corrected chi connectivity index (χ0v) is 10.7. The van der Waals surface area contributed by atoms with E-state index in [0.717, 1.165) is 23.4 Å². The topological polar surface area (TPSA) is 64.3 Å². The molecular formula is C14H16N2O3. The highest BCUT2D eigenvalue weighted by molar-refractivity contribution is 5.70. The van der Waals surface area contributed by atoms with Crippen LogP contribution in [0.5, 0.6) is 5.75 Å². The minimum Gasteiger partial charge on any atom is -0.489 e. The number of aromatic nitrogens is 2.